The van der Waals surface area contributed by atoms with Crippen LogP contribution in [0.4, 0.5) is 0 Å². The zero-order valence-electron chi connectivity index (χ0n) is 5.78. The maximum Gasteiger partial charge on any atom is 0.150 e. The molecule has 0 bridgehead atoms. The Morgan fingerprint density at radius 1 is 1.00 bits per heavy atom. The molecule has 52 valence electrons. The second-order valence-electron chi connectivity index (χ2n) is 2.17. The van der Waals surface area contributed by atoms with Crippen molar-refractivity contribution < 1.29 is 9.59 Å². The Morgan fingerprint density at radius 3 is 1.82 bits per heavy atom. The summed E-state index contributed by atoms with van der Waals surface area (Å²) in [5, 5.41) is 0. The van der Waals surface area contributed by atoms with Crippen molar-refractivity contribution in [2.45, 2.75) is 0 Å². The highest BCUT2D eigenvalue weighted by Crippen LogP contribution is 1.97. The lowest BCUT2D eigenvalue weighted by atomic mass is 9.92. The van der Waals surface area contributed by atoms with Gasteiger partial charge >= 0.3 is 0 Å². The number of carbonyl (C=O) groups is 2. The van der Waals surface area contributed by atoms with Gasteiger partial charge in [0, 0.05) is 11.1 Å². The molecule has 0 saturated carbocycles. The normalized spacial score (nSPS) is 9.09. The van der Waals surface area contributed by atoms with Crippen LogP contribution < -0.4 is 5.46 Å². The molecule has 0 aromatic heterocycles. The molecule has 0 saturated heterocycles. The van der Waals surface area contributed by atoms with Crippen molar-refractivity contribution in [1.29, 1.82) is 0 Å². The van der Waals surface area contributed by atoms with Crippen molar-refractivity contribution in [2.24, 2.45) is 0 Å². The fraction of sp³-hybridized carbons (Fsp3) is 0. The van der Waals surface area contributed by atoms with Crippen LogP contribution in [-0.4, -0.2) is 20.4 Å². The van der Waals surface area contributed by atoms with Gasteiger partial charge in [-0.3, -0.25) is 9.59 Å². The Labute approximate surface area is 65.6 Å². The molecule has 0 atom stereocenters. The SMILES string of the molecule is [B]c1cc(C=O)cc(C=O)c1. The maximum atomic E-state index is 10.3. The third kappa shape index (κ3) is 1.77. The van der Waals surface area contributed by atoms with E-state index in [0.29, 0.717) is 29.2 Å². The van der Waals surface area contributed by atoms with Gasteiger partial charge in [-0.15, -0.1) is 0 Å². The van der Waals surface area contributed by atoms with E-state index in [9.17, 15) is 9.59 Å². The number of carbonyl (C=O) groups excluding carboxylic acids is 2. The van der Waals surface area contributed by atoms with Crippen LogP contribution >= 0.6 is 0 Å². The Morgan fingerprint density at radius 2 is 1.45 bits per heavy atom. The molecule has 0 heterocycles. The van der Waals surface area contributed by atoms with Crippen LogP contribution in [0.3, 0.4) is 0 Å². The molecule has 0 amide bonds. The Hall–Kier alpha value is -1.38. The van der Waals surface area contributed by atoms with Crippen LogP contribution in [-0.2, 0) is 0 Å². The van der Waals surface area contributed by atoms with Gasteiger partial charge in [-0.1, -0.05) is 17.6 Å². The van der Waals surface area contributed by atoms with Gasteiger partial charge in [-0.05, 0) is 6.07 Å². The predicted octanol–water partition coefficient (Wildman–Crippen LogP) is 0.105. The van der Waals surface area contributed by atoms with Crippen LogP contribution in [0.15, 0.2) is 18.2 Å². The lowest BCUT2D eigenvalue weighted by Gasteiger charge is -1.95. The highest BCUT2D eigenvalue weighted by Gasteiger charge is 1.94. The molecule has 3 heteroatoms. The first-order valence-electron chi connectivity index (χ1n) is 3.07. The minimum Gasteiger partial charge on any atom is -0.298 e. The van der Waals surface area contributed by atoms with Gasteiger partial charge in [0.1, 0.15) is 20.4 Å². The van der Waals surface area contributed by atoms with Crippen molar-refractivity contribution in [1.82, 2.24) is 0 Å². The topological polar surface area (TPSA) is 34.1 Å². The van der Waals surface area contributed by atoms with Crippen LogP contribution in [0, 0.1) is 0 Å². The van der Waals surface area contributed by atoms with Gasteiger partial charge in [-0.25, -0.2) is 0 Å². The zero-order chi connectivity index (χ0) is 8.27. The number of hydrogen-bond donors (Lipinski definition) is 0. The van der Waals surface area contributed by atoms with Crippen molar-refractivity contribution >= 4 is 25.9 Å². The highest BCUT2D eigenvalue weighted by atomic mass is 16.1. The lowest BCUT2D eigenvalue weighted by Crippen LogP contribution is -2.04. The molecule has 11 heavy (non-hydrogen) atoms. The molecular weight excluding hydrogens is 139 g/mol. The van der Waals surface area contributed by atoms with Crippen LogP contribution in [0.5, 0.6) is 0 Å². The second kappa shape index (κ2) is 3.15. The molecule has 0 aliphatic carbocycles. The molecule has 0 aliphatic rings. The molecule has 0 fully saturated rings. The number of hydrogen-bond acceptors (Lipinski definition) is 2. The molecular formula is C8H5BO2. The van der Waals surface area contributed by atoms with E-state index < -0.39 is 0 Å². The molecule has 0 aliphatic heterocycles. The van der Waals surface area contributed by atoms with Crippen LogP contribution in [0.1, 0.15) is 20.7 Å². The number of aldehydes is 2. The average molecular weight is 144 g/mol. The van der Waals surface area contributed by atoms with Crippen molar-refractivity contribution in [3.05, 3.63) is 29.3 Å². The quantitative estimate of drug-likeness (QED) is 0.435. The van der Waals surface area contributed by atoms with Gasteiger partial charge in [0.15, 0.2) is 0 Å². The summed E-state index contributed by atoms with van der Waals surface area (Å²) in [4.78, 5) is 20.5. The molecule has 0 unspecified atom stereocenters. The first-order chi connectivity index (χ1) is 5.26. The maximum absolute atomic E-state index is 10.3. The lowest BCUT2D eigenvalue weighted by molar-refractivity contribution is 0.112. The van der Waals surface area contributed by atoms with E-state index in [1.54, 1.807) is 0 Å². The van der Waals surface area contributed by atoms with Crippen molar-refractivity contribution in [2.75, 3.05) is 0 Å². The van der Waals surface area contributed by atoms with E-state index in [0.717, 1.165) is 0 Å². The standard InChI is InChI=1S/C8H5BO2/c9-8-2-6(4-10)1-7(3-8)5-11/h1-5H. The van der Waals surface area contributed by atoms with E-state index in [1.807, 2.05) is 0 Å². The molecule has 1 rings (SSSR count). The van der Waals surface area contributed by atoms with Crippen LogP contribution in [0.2, 0.25) is 0 Å². The predicted molar refractivity (Wildman–Crippen MR) is 42.6 cm³/mol. The molecule has 0 spiro atoms. The third-order valence-corrected chi connectivity index (χ3v) is 1.27. The number of benzene rings is 1. The van der Waals surface area contributed by atoms with Gasteiger partial charge in [0.25, 0.3) is 0 Å². The van der Waals surface area contributed by atoms with E-state index in [4.69, 9.17) is 7.85 Å². The summed E-state index contributed by atoms with van der Waals surface area (Å²) in [6.45, 7) is 0. The summed E-state index contributed by atoms with van der Waals surface area (Å²) < 4.78 is 0. The summed E-state index contributed by atoms with van der Waals surface area (Å²) in [6, 6.07) is 4.51. The number of rotatable bonds is 2. The van der Waals surface area contributed by atoms with E-state index in [-0.39, 0.29) is 0 Å². The monoisotopic (exact) mass is 144 g/mol. The van der Waals surface area contributed by atoms with E-state index in [2.05, 4.69) is 0 Å². The van der Waals surface area contributed by atoms with Gasteiger partial charge < -0.3 is 0 Å². The average Bonchev–Trinajstić information content (AvgIpc) is 2.03. The Bertz CT molecular complexity index is 268. The van der Waals surface area contributed by atoms with Gasteiger partial charge in [0.05, 0.1) is 0 Å². The second-order valence-corrected chi connectivity index (χ2v) is 2.17. The summed E-state index contributed by atoms with van der Waals surface area (Å²) >= 11 is 0. The fourth-order valence-electron chi connectivity index (χ4n) is 0.838. The van der Waals surface area contributed by atoms with Crippen molar-refractivity contribution in [3.8, 4) is 0 Å². The van der Waals surface area contributed by atoms with E-state index in [1.165, 1.54) is 18.2 Å². The van der Waals surface area contributed by atoms with E-state index >= 15 is 0 Å². The van der Waals surface area contributed by atoms with Gasteiger partial charge in [-0.2, -0.15) is 0 Å². The molecule has 1 aromatic carbocycles. The molecule has 0 N–H and O–H groups in total. The summed E-state index contributed by atoms with van der Waals surface area (Å²) in [5.74, 6) is 0. The minimum absolute atomic E-state index is 0.423. The third-order valence-electron chi connectivity index (χ3n) is 1.27. The van der Waals surface area contributed by atoms with Crippen molar-refractivity contribution in [3.63, 3.8) is 0 Å². The summed E-state index contributed by atoms with van der Waals surface area (Å²) in [5.41, 5.74) is 1.27. The molecule has 1 aromatic rings. The van der Waals surface area contributed by atoms with Gasteiger partial charge in [0.2, 0.25) is 0 Å². The molecule has 2 radical (unpaired) electrons. The highest BCUT2D eigenvalue weighted by molar-refractivity contribution is 6.32. The summed E-state index contributed by atoms with van der Waals surface area (Å²) in [7, 11) is 5.39. The fourth-order valence-corrected chi connectivity index (χ4v) is 0.838. The Kier molecular flexibility index (Phi) is 2.21. The van der Waals surface area contributed by atoms with Crippen LogP contribution in [0.25, 0.3) is 0 Å². The molecule has 2 nitrogen and oxygen atoms in total. The Balaban J connectivity index is 3.21. The smallest absolute Gasteiger partial charge is 0.150 e. The summed E-state index contributed by atoms with van der Waals surface area (Å²) in [6.07, 6.45) is 1.31. The largest absolute Gasteiger partial charge is 0.298 e. The first-order valence-corrected chi connectivity index (χ1v) is 3.07. The first kappa shape index (κ1) is 7.73. The zero-order valence-corrected chi connectivity index (χ0v) is 5.78. The minimum atomic E-state index is 0.423.